The second-order valence-electron chi connectivity index (χ2n) is 4.38. The molecule has 15 heavy (non-hydrogen) atoms. The van der Waals surface area contributed by atoms with Crippen molar-refractivity contribution < 1.29 is 16.8 Å². The summed E-state index contributed by atoms with van der Waals surface area (Å²) in [4.78, 5) is 0. The lowest BCUT2D eigenvalue weighted by Crippen LogP contribution is -2.47. The van der Waals surface area contributed by atoms with E-state index in [2.05, 4.69) is 5.32 Å². The van der Waals surface area contributed by atoms with E-state index < -0.39 is 24.9 Å². The van der Waals surface area contributed by atoms with Gasteiger partial charge in [0.1, 0.15) is 0 Å². The molecule has 2 aliphatic rings. The topological polar surface area (TPSA) is 80.3 Å². The lowest BCUT2D eigenvalue weighted by atomic mass is 10.1. The molecule has 2 heterocycles. The first-order valence-corrected chi connectivity index (χ1v) is 8.55. The van der Waals surface area contributed by atoms with Crippen LogP contribution < -0.4 is 5.32 Å². The van der Waals surface area contributed by atoms with Crippen LogP contribution >= 0.6 is 0 Å². The minimum absolute atomic E-state index is 0.0276. The Morgan fingerprint density at radius 3 is 2.33 bits per heavy atom. The first-order valence-electron chi connectivity index (χ1n) is 5.02. The summed E-state index contributed by atoms with van der Waals surface area (Å²) in [6.07, 6.45) is 0.283. The summed E-state index contributed by atoms with van der Waals surface area (Å²) in [5, 5.41) is 2.36. The van der Waals surface area contributed by atoms with Crippen molar-refractivity contribution >= 4 is 19.7 Å². The van der Waals surface area contributed by atoms with Crippen LogP contribution in [0.25, 0.3) is 0 Å². The van der Waals surface area contributed by atoms with Gasteiger partial charge in [0, 0.05) is 13.1 Å². The van der Waals surface area contributed by atoms with E-state index in [9.17, 15) is 16.8 Å². The van der Waals surface area contributed by atoms with Gasteiger partial charge in [-0.1, -0.05) is 0 Å². The van der Waals surface area contributed by atoms with Crippen LogP contribution in [0.2, 0.25) is 0 Å². The van der Waals surface area contributed by atoms with E-state index in [0.29, 0.717) is 0 Å². The van der Waals surface area contributed by atoms with E-state index in [1.54, 1.807) is 0 Å². The highest BCUT2D eigenvalue weighted by Gasteiger charge is 2.38. The lowest BCUT2D eigenvalue weighted by Gasteiger charge is -2.27. The van der Waals surface area contributed by atoms with E-state index in [4.69, 9.17) is 0 Å². The molecule has 5 nitrogen and oxygen atoms in total. The Hall–Kier alpha value is -0.140. The fourth-order valence-electron chi connectivity index (χ4n) is 1.98. The molecule has 0 aliphatic carbocycles. The fraction of sp³-hybridized carbons (Fsp3) is 1.00. The maximum Gasteiger partial charge on any atom is 0.154 e. The van der Waals surface area contributed by atoms with Gasteiger partial charge in [0.05, 0.1) is 22.5 Å². The highest BCUT2D eigenvalue weighted by Crippen LogP contribution is 2.22. The minimum Gasteiger partial charge on any atom is -0.316 e. The van der Waals surface area contributed by atoms with Crippen LogP contribution in [0.15, 0.2) is 0 Å². The summed E-state index contributed by atoms with van der Waals surface area (Å²) < 4.78 is 46.0. The monoisotopic (exact) mass is 253 g/mol. The predicted molar refractivity (Wildman–Crippen MR) is 57.2 cm³/mol. The van der Waals surface area contributed by atoms with Gasteiger partial charge >= 0.3 is 0 Å². The molecular weight excluding hydrogens is 238 g/mol. The minimum atomic E-state index is -3.21. The Morgan fingerprint density at radius 2 is 1.93 bits per heavy atom. The second kappa shape index (κ2) is 3.71. The van der Waals surface area contributed by atoms with Crippen LogP contribution in [0.1, 0.15) is 6.42 Å². The van der Waals surface area contributed by atoms with Gasteiger partial charge in [0.15, 0.2) is 19.7 Å². The predicted octanol–water partition coefficient (Wildman–Crippen LogP) is -1.19. The maximum absolute atomic E-state index is 11.8. The van der Waals surface area contributed by atoms with Crippen molar-refractivity contribution in [3.63, 3.8) is 0 Å². The number of rotatable bonds is 3. The maximum atomic E-state index is 11.8. The molecule has 0 aromatic carbocycles. The molecule has 2 aliphatic heterocycles. The first kappa shape index (κ1) is 11.3. The molecule has 0 aromatic heterocycles. The molecular formula is C8H15NO4S2. The molecule has 0 radical (unpaired) electrons. The van der Waals surface area contributed by atoms with E-state index >= 15 is 0 Å². The van der Waals surface area contributed by atoms with Gasteiger partial charge in [-0.25, -0.2) is 16.8 Å². The molecule has 1 atom stereocenters. The zero-order valence-electron chi connectivity index (χ0n) is 8.35. The van der Waals surface area contributed by atoms with Crippen molar-refractivity contribution in [3.8, 4) is 0 Å². The van der Waals surface area contributed by atoms with E-state index in [0.717, 1.165) is 13.1 Å². The number of hydrogen-bond donors (Lipinski definition) is 1. The third-order valence-corrected chi connectivity index (χ3v) is 7.37. The van der Waals surface area contributed by atoms with Crippen LogP contribution in [0.4, 0.5) is 0 Å². The number of nitrogens with one attached hydrogen (secondary N) is 1. The average Bonchev–Trinajstić information content (AvgIpc) is 2.40. The van der Waals surface area contributed by atoms with Crippen LogP contribution in [0, 0.1) is 5.92 Å². The molecule has 2 rings (SSSR count). The Kier molecular flexibility index (Phi) is 2.81. The van der Waals surface area contributed by atoms with E-state index in [1.807, 2.05) is 0 Å². The normalized spacial score (nSPS) is 31.3. The third-order valence-electron chi connectivity index (χ3n) is 3.03. The van der Waals surface area contributed by atoms with Crippen LogP contribution in [0.5, 0.6) is 0 Å². The molecule has 0 spiro atoms. The Labute approximate surface area is 90.1 Å². The smallest absolute Gasteiger partial charge is 0.154 e. The number of hydrogen-bond acceptors (Lipinski definition) is 5. The zero-order valence-corrected chi connectivity index (χ0v) is 9.98. The van der Waals surface area contributed by atoms with Gasteiger partial charge < -0.3 is 5.32 Å². The summed E-state index contributed by atoms with van der Waals surface area (Å²) in [6.45, 7) is 1.47. The molecule has 2 saturated heterocycles. The van der Waals surface area contributed by atoms with Crippen molar-refractivity contribution in [2.75, 3.05) is 30.3 Å². The summed E-state index contributed by atoms with van der Waals surface area (Å²) in [5.41, 5.74) is 0. The van der Waals surface area contributed by atoms with Crippen LogP contribution in [0.3, 0.4) is 0 Å². The second-order valence-corrected chi connectivity index (χ2v) is 8.93. The van der Waals surface area contributed by atoms with Crippen LogP contribution in [-0.4, -0.2) is 52.4 Å². The molecule has 1 N–H and O–H groups in total. The Morgan fingerprint density at radius 1 is 1.27 bits per heavy atom. The molecule has 0 amide bonds. The van der Waals surface area contributed by atoms with Gasteiger partial charge in [-0.15, -0.1) is 0 Å². The van der Waals surface area contributed by atoms with Gasteiger partial charge in [-0.3, -0.25) is 0 Å². The van der Waals surface area contributed by atoms with Gasteiger partial charge in [-0.2, -0.15) is 0 Å². The molecule has 1 unspecified atom stereocenters. The van der Waals surface area contributed by atoms with E-state index in [1.165, 1.54) is 0 Å². The Bertz CT molecular complexity index is 435. The molecule has 0 saturated carbocycles. The van der Waals surface area contributed by atoms with Crippen molar-refractivity contribution in [3.05, 3.63) is 0 Å². The van der Waals surface area contributed by atoms with Crippen molar-refractivity contribution in [1.29, 1.82) is 0 Å². The summed E-state index contributed by atoms with van der Waals surface area (Å²) in [5.74, 6) is 0.175. The lowest BCUT2D eigenvalue weighted by molar-refractivity contribution is 0.377. The molecule has 88 valence electrons. The quantitative estimate of drug-likeness (QED) is 0.684. The highest BCUT2D eigenvalue weighted by atomic mass is 32.2. The average molecular weight is 253 g/mol. The molecule has 2 fully saturated rings. The van der Waals surface area contributed by atoms with E-state index in [-0.39, 0.29) is 29.6 Å². The summed E-state index contributed by atoms with van der Waals surface area (Å²) in [6, 6.07) is 0. The number of sulfone groups is 2. The van der Waals surface area contributed by atoms with Gasteiger partial charge in [-0.05, 0) is 12.3 Å². The van der Waals surface area contributed by atoms with Crippen LogP contribution in [-0.2, 0) is 19.7 Å². The van der Waals surface area contributed by atoms with Gasteiger partial charge in [0.25, 0.3) is 0 Å². The van der Waals surface area contributed by atoms with Crippen molar-refractivity contribution in [1.82, 2.24) is 5.32 Å². The standard InChI is InChI=1S/C8H15NO4S2/c10-14(11)2-1-8(6-14)15(12,13)5-7-3-9-4-7/h7-9H,1-6H2. The molecule has 0 aromatic rings. The van der Waals surface area contributed by atoms with Gasteiger partial charge in [0.2, 0.25) is 0 Å². The molecule has 0 bridgehead atoms. The summed E-state index contributed by atoms with van der Waals surface area (Å²) >= 11 is 0. The third kappa shape index (κ3) is 2.51. The fourth-order valence-corrected chi connectivity index (χ4v) is 6.76. The van der Waals surface area contributed by atoms with Crippen molar-refractivity contribution in [2.24, 2.45) is 5.92 Å². The highest BCUT2D eigenvalue weighted by molar-refractivity contribution is 7.96. The summed E-state index contributed by atoms with van der Waals surface area (Å²) in [7, 11) is -6.31. The Balaban J connectivity index is 2.03. The zero-order chi connectivity index (χ0) is 11.1. The first-order chi connectivity index (χ1) is 6.89. The SMILES string of the molecule is O=S1(=O)CCC(S(=O)(=O)CC2CNC2)C1. The van der Waals surface area contributed by atoms with Crippen molar-refractivity contribution in [2.45, 2.75) is 11.7 Å². The largest absolute Gasteiger partial charge is 0.316 e. The molecule has 7 heteroatoms.